The quantitative estimate of drug-likeness (QED) is 0.870. The summed E-state index contributed by atoms with van der Waals surface area (Å²) in [5.41, 5.74) is 5.57. The van der Waals surface area contributed by atoms with E-state index in [0.717, 1.165) is 18.7 Å². The molecule has 0 aliphatic heterocycles. The number of rotatable bonds is 4. The van der Waals surface area contributed by atoms with Crippen LogP contribution in [0.25, 0.3) is 0 Å². The maximum absolute atomic E-state index is 4.23. The second-order valence-corrected chi connectivity index (χ2v) is 4.70. The van der Waals surface area contributed by atoms with Gasteiger partial charge in [0.15, 0.2) is 0 Å². The molecule has 0 fully saturated rings. The number of nitrogens with one attached hydrogen (secondary N) is 1. The molecule has 0 radical (unpaired) electrons. The van der Waals surface area contributed by atoms with Crippen molar-refractivity contribution in [3.05, 3.63) is 45.9 Å². The van der Waals surface area contributed by atoms with Crippen LogP contribution < -0.4 is 5.32 Å². The van der Waals surface area contributed by atoms with E-state index in [4.69, 9.17) is 0 Å². The maximum atomic E-state index is 4.23. The van der Waals surface area contributed by atoms with Crippen molar-refractivity contribution in [2.45, 2.75) is 26.8 Å². The van der Waals surface area contributed by atoms with Crippen molar-refractivity contribution in [1.29, 1.82) is 0 Å². The molecule has 1 N–H and O–H groups in total. The predicted molar refractivity (Wildman–Crippen MR) is 70.0 cm³/mol. The Balaban J connectivity index is 1.97. The number of aryl methyl sites for hydroxylation is 2. The Bertz CT molecular complexity index is 445. The van der Waals surface area contributed by atoms with E-state index in [1.807, 2.05) is 12.4 Å². The smallest absolute Gasteiger partial charge is 0.0798 e. The molecule has 1 heterocycles. The van der Waals surface area contributed by atoms with E-state index in [1.165, 1.54) is 16.1 Å². The molecule has 1 aromatic carbocycles. The van der Waals surface area contributed by atoms with Crippen molar-refractivity contribution in [2.24, 2.45) is 0 Å². The lowest BCUT2D eigenvalue weighted by Crippen LogP contribution is -1.98. The van der Waals surface area contributed by atoms with Gasteiger partial charge in [-0.2, -0.15) is 0 Å². The van der Waals surface area contributed by atoms with Crippen LogP contribution in [-0.2, 0) is 13.0 Å². The molecule has 0 saturated heterocycles. The molecule has 2 aromatic rings. The molecule has 2 rings (SSSR count). The lowest BCUT2D eigenvalue weighted by Gasteiger charge is -2.06. The van der Waals surface area contributed by atoms with Crippen molar-refractivity contribution in [2.75, 3.05) is 5.32 Å². The van der Waals surface area contributed by atoms with E-state index in [0.29, 0.717) is 0 Å². The summed E-state index contributed by atoms with van der Waals surface area (Å²) in [6.07, 6.45) is 1.09. The fourth-order valence-electron chi connectivity index (χ4n) is 1.54. The third kappa shape index (κ3) is 2.61. The molecular formula is C13H16N2S. The van der Waals surface area contributed by atoms with Gasteiger partial charge < -0.3 is 5.32 Å². The minimum atomic E-state index is 0.863. The van der Waals surface area contributed by atoms with Gasteiger partial charge in [0.25, 0.3) is 0 Å². The van der Waals surface area contributed by atoms with Gasteiger partial charge in [0.05, 0.1) is 17.7 Å². The van der Waals surface area contributed by atoms with Crippen molar-refractivity contribution < 1.29 is 0 Å². The fraction of sp³-hybridized carbons (Fsp3) is 0.308. The SMILES string of the molecule is CCc1ccc(NCc2scnc2C)cc1. The summed E-state index contributed by atoms with van der Waals surface area (Å²) in [5.74, 6) is 0. The second-order valence-electron chi connectivity index (χ2n) is 3.76. The summed E-state index contributed by atoms with van der Waals surface area (Å²) in [7, 11) is 0. The zero-order chi connectivity index (χ0) is 11.4. The molecule has 0 saturated carbocycles. The van der Waals surface area contributed by atoms with Gasteiger partial charge >= 0.3 is 0 Å². The Hall–Kier alpha value is -1.35. The van der Waals surface area contributed by atoms with Crippen LogP contribution in [0.3, 0.4) is 0 Å². The Morgan fingerprint density at radius 1 is 1.25 bits per heavy atom. The molecule has 0 aliphatic carbocycles. The van der Waals surface area contributed by atoms with Crippen molar-refractivity contribution >= 4 is 17.0 Å². The van der Waals surface area contributed by atoms with Crippen molar-refractivity contribution in [1.82, 2.24) is 4.98 Å². The first-order valence-corrected chi connectivity index (χ1v) is 6.39. The van der Waals surface area contributed by atoms with E-state index < -0.39 is 0 Å². The second kappa shape index (κ2) is 5.12. The van der Waals surface area contributed by atoms with E-state index in [9.17, 15) is 0 Å². The van der Waals surface area contributed by atoms with E-state index in [2.05, 4.69) is 41.5 Å². The highest BCUT2D eigenvalue weighted by Crippen LogP contribution is 2.15. The number of hydrogen-bond acceptors (Lipinski definition) is 3. The summed E-state index contributed by atoms with van der Waals surface area (Å²) >= 11 is 1.70. The van der Waals surface area contributed by atoms with Gasteiger partial charge in [-0.3, -0.25) is 0 Å². The normalized spacial score (nSPS) is 10.4. The van der Waals surface area contributed by atoms with Crippen LogP contribution in [0.2, 0.25) is 0 Å². The summed E-state index contributed by atoms with van der Waals surface area (Å²) in [6.45, 7) is 5.08. The van der Waals surface area contributed by atoms with Gasteiger partial charge in [0, 0.05) is 10.6 Å². The zero-order valence-electron chi connectivity index (χ0n) is 9.66. The number of benzene rings is 1. The lowest BCUT2D eigenvalue weighted by molar-refractivity contribution is 1.11. The van der Waals surface area contributed by atoms with Crippen molar-refractivity contribution in [3.8, 4) is 0 Å². The van der Waals surface area contributed by atoms with Gasteiger partial charge in [0.2, 0.25) is 0 Å². The summed E-state index contributed by atoms with van der Waals surface area (Å²) in [5, 5.41) is 3.41. The monoisotopic (exact) mass is 232 g/mol. The molecular weight excluding hydrogens is 216 g/mol. The van der Waals surface area contributed by atoms with Crippen LogP contribution in [0, 0.1) is 6.92 Å². The Morgan fingerprint density at radius 2 is 2.00 bits per heavy atom. The van der Waals surface area contributed by atoms with Crippen molar-refractivity contribution in [3.63, 3.8) is 0 Å². The fourth-order valence-corrected chi connectivity index (χ4v) is 2.25. The molecule has 84 valence electrons. The van der Waals surface area contributed by atoms with Crippen LogP contribution >= 0.6 is 11.3 Å². The molecule has 0 amide bonds. The van der Waals surface area contributed by atoms with Gasteiger partial charge in [-0.15, -0.1) is 11.3 Å². The first-order chi connectivity index (χ1) is 7.79. The summed E-state index contributed by atoms with van der Waals surface area (Å²) in [6, 6.07) is 8.61. The maximum Gasteiger partial charge on any atom is 0.0798 e. The lowest BCUT2D eigenvalue weighted by atomic mass is 10.1. The zero-order valence-corrected chi connectivity index (χ0v) is 10.5. The number of nitrogens with zero attached hydrogens (tertiary/aromatic N) is 1. The highest BCUT2D eigenvalue weighted by atomic mass is 32.1. The highest BCUT2D eigenvalue weighted by Gasteiger charge is 2.00. The van der Waals surface area contributed by atoms with Crippen LogP contribution in [0.1, 0.15) is 23.1 Å². The third-order valence-corrected chi connectivity index (χ3v) is 3.60. The van der Waals surface area contributed by atoms with Crippen LogP contribution in [0.4, 0.5) is 5.69 Å². The van der Waals surface area contributed by atoms with E-state index in [-0.39, 0.29) is 0 Å². The average Bonchev–Trinajstić information content (AvgIpc) is 2.73. The minimum Gasteiger partial charge on any atom is -0.380 e. The first kappa shape index (κ1) is 11.1. The topological polar surface area (TPSA) is 24.9 Å². The molecule has 3 heteroatoms. The third-order valence-electron chi connectivity index (χ3n) is 2.66. The standard InChI is InChI=1S/C13H16N2S/c1-3-11-4-6-12(7-5-11)14-8-13-10(2)15-9-16-13/h4-7,9,14H,3,8H2,1-2H3. The molecule has 0 unspecified atom stereocenters. The highest BCUT2D eigenvalue weighted by molar-refractivity contribution is 7.09. The molecule has 0 aliphatic rings. The summed E-state index contributed by atoms with van der Waals surface area (Å²) < 4.78 is 0. The molecule has 0 spiro atoms. The van der Waals surface area contributed by atoms with Gasteiger partial charge in [0.1, 0.15) is 0 Å². The van der Waals surface area contributed by atoms with E-state index in [1.54, 1.807) is 11.3 Å². The Labute approximate surface area is 100 Å². The van der Waals surface area contributed by atoms with Crippen LogP contribution in [0.5, 0.6) is 0 Å². The summed E-state index contributed by atoms with van der Waals surface area (Å²) in [4.78, 5) is 5.54. The largest absolute Gasteiger partial charge is 0.380 e. The Kier molecular flexibility index (Phi) is 3.57. The van der Waals surface area contributed by atoms with E-state index >= 15 is 0 Å². The number of anilines is 1. The molecule has 1 aromatic heterocycles. The Morgan fingerprint density at radius 3 is 2.56 bits per heavy atom. The molecule has 0 bridgehead atoms. The molecule has 0 atom stereocenters. The minimum absolute atomic E-state index is 0.863. The first-order valence-electron chi connectivity index (χ1n) is 5.51. The van der Waals surface area contributed by atoms with Gasteiger partial charge in [-0.05, 0) is 31.0 Å². The number of hydrogen-bond donors (Lipinski definition) is 1. The predicted octanol–water partition coefficient (Wildman–Crippen LogP) is 3.63. The average molecular weight is 232 g/mol. The number of thiazole rings is 1. The van der Waals surface area contributed by atoms with Crippen LogP contribution in [-0.4, -0.2) is 4.98 Å². The molecule has 2 nitrogen and oxygen atoms in total. The molecule has 16 heavy (non-hydrogen) atoms. The number of aromatic nitrogens is 1. The van der Waals surface area contributed by atoms with Gasteiger partial charge in [-0.1, -0.05) is 19.1 Å². The van der Waals surface area contributed by atoms with Gasteiger partial charge in [-0.25, -0.2) is 4.98 Å². The van der Waals surface area contributed by atoms with Crippen LogP contribution in [0.15, 0.2) is 29.8 Å².